The maximum absolute atomic E-state index is 13.3. The number of aromatic nitrogens is 1. The summed E-state index contributed by atoms with van der Waals surface area (Å²) in [7, 11) is 0. The van der Waals surface area contributed by atoms with Gasteiger partial charge in [0.1, 0.15) is 5.75 Å². The molecule has 1 aromatic carbocycles. The lowest BCUT2D eigenvalue weighted by atomic mass is 10.1. The third kappa shape index (κ3) is 3.12. The number of nitrogens with zero attached hydrogens (tertiary/aromatic N) is 1. The summed E-state index contributed by atoms with van der Waals surface area (Å²) < 4.78 is 53.9. The molecule has 2 rings (SSSR count). The van der Waals surface area contributed by atoms with Gasteiger partial charge < -0.3 is 10.5 Å². The second-order valence-electron chi connectivity index (χ2n) is 3.64. The molecule has 3 nitrogen and oxygen atoms in total. The topological polar surface area (TPSA) is 48.1 Å². The molecule has 100 valence electrons. The summed E-state index contributed by atoms with van der Waals surface area (Å²) in [6.07, 6.45) is -3.65. The van der Waals surface area contributed by atoms with Gasteiger partial charge in [-0.15, -0.1) is 13.2 Å². The van der Waals surface area contributed by atoms with Crippen LogP contribution < -0.4 is 10.5 Å². The minimum absolute atomic E-state index is 0.0752. The molecule has 1 aromatic heterocycles. The van der Waals surface area contributed by atoms with E-state index in [1.54, 1.807) is 0 Å². The molecule has 0 atom stereocenters. The Morgan fingerprint density at radius 1 is 1.16 bits per heavy atom. The molecule has 0 saturated carbocycles. The third-order valence-corrected chi connectivity index (χ3v) is 2.29. The standard InChI is InChI=1S/C12H8F4N2O/c13-9-5-7(6-18-11(9)17)8-3-1-2-4-10(8)19-12(14,15)16/h1-6H,(H2,17,18). The lowest BCUT2D eigenvalue weighted by molar-refractivity contribution is -0.274. The molecule has 0 unspecified atom stereocenters. The molecular weight excluding hydrogens is 264 g/mol. The van der Waals surface area contributed by atoms with Crippen molar-refractivity contribution in [3.8, 4) is 16.9 Å². The summed E-state index contributed by atoms with van der Waals surface area (Å²) in [5, 5.41) is 0. The molecule has 0 saturated heterocycles. The number of hydrogen-bond acceptors (Lipinski definition) is 3. The smallest absolute Gasteiger partial charge is 0.405 e. The molecule has 0 aliphatic carbocycles. The van der Waals surface area contributed by atoms with Gasteiger partial charge in [-0.2, -0.15) is 0 Å². The zero-order chi connectivity index (χ0) is 14.0. The fraction of sp³-hybridized carbons (Fsp3) is 0.0833. The fourth-order valence-corrected chi connectivity index (χ4v) is 1.51. The van der Waals surface area contributed by atoms with Crippen LogP contribution in [0.15, 0.2) is 36.5 Å². The Labute approximate surface area is 105 Å². The number of ether oxygens (including phenoxy) is 1. The third-order valence-electron chi connectivity index (χ3n) is 2.29. The van der Waals surface area contributed by atoms with Gasteiger partial charge in [-0.25, -0.2) is 9.37 Å². The SMILES string of the molecule is Nc1ncc(-c2ccccc2OC(F)(F)F)cc1F. The van der Waals surface area contributed by atoms with Crippen molar-refractivity contribution in [3.63, 3.8) is 0 Å². The Bertz CT molecular complexity index is 599. The Morgan fingerprint density at radius 2 is 1.84 bits per heavy atom. The van der Waals surface area contributed by atoms with Gasteiger partial charge in [0.15, 0.2) is 11.6 Å². The van der Waals surface area contributed by atoms with Gasteiger partial charge in [0.25, 0.3) is 0 Å². The van der Waals surface area contributed by atoms with Gasteiger partial charge in [-0.05, 0) is 12.1 Å². The first-order chi connectivity index (χ1) is 8.87. The number of halogens is 4. The predicted molar refractivity (Wildman–Crippen MR) is 60.7 cm³/mol. The normalized spacial score (nSPS) is 11.4. The van der Waals surface area contributed by atoms with Crippen LogP contribution in [0.4, 0.5) is 23.4 Å². The van der Waals surface area contributed by atoms with E-state index in [0.717, 1.165) is 12.1 Å². The molecule has 7 heteroatoms. The number of alkyl halides is 3. The van der Waals surface area contributed by atoms with Crippen LogP contribution in [-0.2, 0) is 0 Å². The van der Waals surface area contributed by atoms with E-state index in [4.69, 9.17) is 5.73 Å². The molecule has 19 heavy (non-hydrogen) atoms. The highest BCUT2D eigenvalue weighted by molar-refractivity contribution is 5.70. The van der Waals surface area contributed by atoms with E-state index in [9.17, 15) is 17.6 Å². The van der Waals surface area contributed by atoms with Crippen LogP contribution in [0.2, 0.25) is 0 Å². The summed E-state index contributed by atoms with van der Waals surface area (Å²) in [5.41, 5.74) is 5.43. The summed E-state index contributed by atoms with van der Waals surface area (Å²) in [5.74, 6) is -1.56. The Balaban J connectivity index is 2.47. The highest BCUT2D eigenvalue weighted by Crippen LogP contribution is 2.33. The summed E-state index contributed by atoms with van der Waals surface area (Å²) in [6.45, 7) is 0. The lowest BCUT2D eigenvalue weighted by Crippen LogP contribution is -2.17. The van der Waals surface area contributed by atoms with Crippen molar-refractivity contribution in [2.75, 3.05) is 5.73 Å². The molecule has 0 fully saturated rings. The number of nitrogen functional groups attached to an aromatic ring is 1. The van der Waals surface area contributed by atoms with Crippen molar-refractivity contribution in [2.24, 2.45) is 0 Å². The molecule has 0 bridgehead atoms. The number of benzene rings is 1. The van der Waals surface area contributed by atoms with Crippen molar-refractivity contribution < 1.29 is 22.3 Å². The molecule has 0 aliphatic heterocycles. The van der Waals surface area contributed by atoms with E-state index < -0.39 is 17.9 Å². The average Bonchev–Trinajstić information content (AvgIpc) is 2.31. The summed E-state index contributed by atoms with van der Waals surface area (Å²) in [4.78, 5) is 3.56. The highest BCUT2D eigenvalue weighted by Gasteiger charge is 2.32. The first kappa shape index (κ1) is 13.1. The van der Waals surface area contributed by atoms with E-state index in [1.165, 1.54) is 24.4 Å². The van der Waals surface area contributed by atoms with Crippen LogP contribution in [0, 0.1) is 5.82 Å². The Hall–Kier alpha value is -2.31. The molecule has 2 aromatic rings. The molecular formula is C12H8F4N2O. The lowest BCUT2D eigenvalue weighted by Gasteiger charge is -2.13. The first-order valence-electron chi connectivity index (χ1n) is 5.13. The van der Waals surface area contributed by atoms with Crippen molar-refractivity contribution in [1.29, 1.82) is 0 Å². The Kier molecular flexibility index (Phi) is 3.28. The maximum atomic E-state index is 13.3. The number of para-hydroxylation sites is 1. The second kappa shape index (κ2) is 4.75. The van der Waals surface area contributed by atoms with Gasteiger partial charge in [0.05, 0.1) is 0 Å². The maximum Gasteiger partial charge on any atom is 0.573 e. The molecule has 0 aliphatic rings. The predicted octanol–water partition coefficient (Wildman–Crippen LogP) is 3.37. The van der Waals surface area contributed by atoms with Gasteiger partial charge in [-0.1, -0.05) is 18.2 Å². The summed E-state index contributed by atoms with van der Waals surface area (Å²) >= 11 is 0. The minimum Gasteiger partial charge on any atom is -0.405 e. The number of nitrogens with two attached hydrogens (primary N) is 1. The number of rotatable bonds is 2. The van der Waals surface area contributed by atoms with Crippen molar-refractivity contribution in [1.82, 2.24) is 4.98 Å². The summed E-state index contributed by atoms with van der Waals surface area (Å²) in [6, 6.07) is 6.39. The van der Waals surface area contributed by atoms with Gasteiger partial charge in [0, 0.05) is 17.3 Å². The highest BCUT2D eigenvalue weighted by atomic mass is 19.4. The first-order valence-corrected chi connectivity index (χ1v) is 5.13. The average molecular weight is 272 g/mol. The minimum atomic E-state index is -4.82. The zero-order valence-electron chi connectivity index (χ0n) is 9.41. The molecule has 1 heterocycles. The number of hydrogen-bond donors (Lipinski definition) is 1. The van der Waals surface area contributed by atoms with Crippen LogP contribution in [0.1, 0.15) is 0 Å². The Morgan fingerprint density at radius 3 is 2.47 bits per heavy atom. The van der Waals surface area contributed by atoms with Crippen LogP contribution >= 0.6 is 0 Å². The molecule has 2 N–H and O–H groups in total. The van der Waals surface area contributed by atoms with E-state index >= 15 is 0 Å². The van der Waals surface area contributed by atoms with Crippen LogP contribution in [-0.4, -0.2) is 11.3 Å². The van der Waals surface area contributed by atoms with E-state index in [0.29, 0.717) is 0 Å². The quantitative estimate of drug-likeness (QED) is 0.853. The van der Waals surface area contributed by atoms with Gasteiger partial charge in [-0.3, -0.25) is 0 Å². The van der Waals surface area contributed by atoms with Gasteiger partial charge >= 0.3 is 6.36 Å². The largest absolute Gasteiger partial charge is 0.573 e. The number of anilines is 1. The second-order valence-corrected chi connectivity index (χ2v) is 3.64. The van der Waals surface area contributed by atoms with Gasteiger partial charge in [0.2, 0.25) is 0 Å². The van der Waals surface area contributed by atoms with Crippen molar-refractivity contribution in [3.05, 3.63) is 42.3 Å². The molecule has 0 spiro atoms. The van der Waals surface area contributed by atoms with Crippen LogP contribution in [0.5, 0.6) is 5.75 Å². The fourth-order valence-electron chi connectivity index (χ4n) is 1.51. The number of pyridine rings is 1. The van der Waals surface area contributed by atoms with E-state index in [2.05, 4.69) is 9.72 Å². The van der Waals surface area contributed by atoms with E-state index in [-0.39, 0.29) is 16.9 Å². The zero-order valence-corrected chi connectivity index (χ0v) is 9.41. The monoisotopic (exact) mass is 272 g/mol. The van der Waals surface area contributed by atoms with Crippen LogP contribution in [0.25, 0.3) is 11.1 Å². The van der Waals surface area contributed by atoms with E-state index in [1.807, 2.05) is 0 Å². The molecule has 0 radical (unpaired) electrons. The van der Waals surface area contributed by atoms with Crippen molar-refractivity contribution in [2.45, 2.75) is 6.36 Å². The van der Waals surface area contributed by atoms with Crippen LogP contribution in [0.3, 0.4) is 0 Å². The van der Waals surface area contributed by atoms with Crippen molar-refractivity contribution >= 4 is 5.82 Å². The molecule has 0 amide bonds.